The Morgan fingerprint density at radius 1 is 1.27 bits per heavy atom. The highest BCUT2D eigenvalue weighted by molar-refractivity contribution is 9.15. The summed E-state index contributed by atoms with van der Waals surface area (Å²) in [4.78, 5) is 26.3. The van der Waals surface area contributed by atoms with Crippen molar-refractivity contribution in [2.75, 3.05) is 14.2 Å². The molecule has 3 rings (SSSR count). The Bertz CT molecular complexity index is 986. The van der Waals surface area contributed by atoms with Gasteiger partial charge in [-0.1, -0.05) is 37.8 Å². The summed E-state index contributed by atoms with van der Waals surface area (Å²) >= 11 is 10.2. The third kappa shape index (κ3) is 4.15. The molecule has 0 spiro atoms. The number of carbonyl (C=O) groups is 2. The number of carboxylic acids is 1. The first-order valence-electron chi connectivity index (χ1n) is 9.33. The number of hydrogen-bond acceptors (Lipinski definition) is 6. The van der Waals surface area contributed by atoms with Gasteiger partial charge in [-0.25, -0.2) is 4.79 Å². The standard InChI is InChI=1S/C21H22BrNO5S2/c1-10(2)18(20(25)26)23-19(24)16(30-21(23)29)8-12-6-5-11-7-14(27-3)15(28-4)9-13(11)17(12)22/h7-10,18H,5-6H2,1-4H3,(H,25,26)/b16-8-. The van der Waals surface area contributed by atoms with E-state index >= 15 is 0 Å². The fourth-order valence-electron chi connectivity index (χ4n) is 3.59. The van der Waals surface area contributed by atoms with Gasteiger partial charge in [0.1, 0.15) is 10.4 Å². The van der Waals surface area contributed by atoms with Gasteiger partial charge in [0.2, 0.25) is 0 Å². The van der Waals surface area contributed by atoms with Crippen LogP contribution in [0.3, 0.4) is 0 Å². The molecule has 0 saturated carbocycles. The van der Waals surface area contributed by atoms with Crippen LogP contribution in [-0.4, -0.2) is 46.5 Å². The number of thioether (sulfide) groups is 1. The van der Waals surface area contributed by atoms with Crippen molar-refractivity contribution in [1.82, 2.24) is 4.90 Å². The van der Waals surface area contributed by atoms with Crippen molar-refractivity contribution in [2.24, 2.45) is 5.92 Å². The molecule has 1 N–H and O–H groups in total. The summed E-state index contributed by atoms with van der Waals surface area (Å²) in [5.41, 5.74) is 3.05. The molecule has 9 heteroatoms. The summed E-state index contributed by atoms with van der Waals surface area (Å²) < 4.78 is 11.9. The van der Waals surface area contributed by atoms with Crippen molar-refractivity contribution in [3.8, 4) is 11.5 Å². The van der Waals surface area contributed by atoms with Gasteiger partial charge in [-0.15, -0.1) is 0 Å². The SMILES string of the molecule is COc1cc2c(cc1OC)C(Br)=C(/C=C1\SC(=S)N(C(C(=O)O)C(C)C)C1=O)CC2. The topological polar surface area (TPSA) is 76.1 Å². The molecule has 1 unspecified atom stereocenters. The monoisotopic (exact) mass is 511 g/mol. The Kier molecular flexibility index (Phi) is 6.94. The van der Waals surface area contributed by atoms with Crippen LogP contribution in [0.25, 0.3) is 4.48 Å². The molecule has 2 aliphatic rings. The zero-order valence-corrected chi connectivity index (χ0v) is 20.2. The molecular weight excluding hydrogens is 490 g/mol. The van der Waals surface area contributed by atoms with Crippen LogP contribution in [0.15, 0.2) is 28.7 Å². The number of carbonyl (C=O) groups excluding carboxylic acids is 1. The Labute approximate surface area is 193 Å². The minimum atomic E-state index is -1.06. The lowest BCUT2D eigenvalue weighted by Gasteiger charge is -2.26. The number of halogens is 1. The second kappa shape index (κ2) is 9.11. The smallest absolute Gasteiger partial charge is 0.327 e. The van der Waals surface area contributed by atoms with Gasteiger partial charge in [-0.3, -0.25) is 9.69 Å². The number of allylic oxidation sites excluding steroid dienone is 2. The number of thiocarbonyl (C=S) groups is 1. The maximum absolute atomic E-state index is 13.0. The number of rotatable bonds is 6. The molecule has 30 heavy (non-hydrogen) atoms. The predicted molar refractivity (Wildman–Crippen MR) is 125 cm³/mol. The maximum Gasteiger partial charge on any atom is 0.327 e. The zero-order chi connectivity index (χ0) is 22.2. The second-order valence-electron chi connectivity index (χ2n) is 7.28. The summed E-state index contributed by atoms with van der Waals surface area (Å²) in [5.74, 6) is -0.386. The van der Waals surface area contributed by atoms with E-state index in [0.717, 1.165) is 45.8 Å². The van der Waals surface area contributed by atoms with Gasteiger partial charge in [-0.2, -0.15) is 0 Å². The molecule has 6 nitrogen and oxygen atoms in total. The molecule has 1 fully saturated rings. The number of aliphatic carboxylic acids is 1. The lowest BCUT2D eigenvalue weighted by Crippen LogP contribution is -2.47. The number of carboxylic acid groups (broad SMARTS) is 1. The van der Waals surface area contributed by atoms with Crippen molar-refractivity contribution >= 4 is 60.6 Å². The predicted octanol–water partition coefficient (Wildman–Crippen LogP) is 4.61. The Morgan fingerprint density at radius 2 is 1.90 bits per heavy atom. The van der Waals surface area contributed by atoms with Crippen LogP contribution >= 0.6 is 39.9 Å². The quantitative estimate of drug-likeness (QED) is 0.441. The minimum absolute atomic E-state index is 0.265. The van der Waals surface area contributed by atoms with E-state index in [0.29, 0.717) is 16.4 Å². The number of hydrogen-bond donors (Lipinski definition) is 1. The number of nitrogens with zero attached hydrogens (tertiary/aromatic N) is 1. The van der Waals surface area contributed by atoms with Crippen LogP contribution in [0, 0.1) is 5.92 Å². The number of ether oxygens (including phenoxy) is 2. The molecule has 1 aliphatic carbocycles. The maximum atomic E-state index is 13.0. The molecule has 1 aromatic rings. The number of methoxy groups -OCH3 is 2. The number of aryl methyl sites for hydroxylation is 1. The first-order valence-corrected chi connectivity index (χ1v) is 11.3. The minimum Gasteiger partial charge on any atom is -0.493 e. The summed E-state index contributed by atoms with van der Waals surface area (Å²) in [5, 5.41) is 9.57. The number of benzene rings is 1. The lowest BCUT2D eigenvalue weighted by atomic mass is 9.91. The van der Waals surface area contributed by atoms with E-state index in [4.69, 9.17) is 21.7 Å². The molecule has 0 aromatic heterocycles. The van der Waals surface area contributed by atoms with Gasteiger partial charge in [0.25, 0.3) is 5.91 Å². The molecule has 1 aliphatic heterocycles. The Morgan fingerprint density at radius 3 is 2.47 bits per heavy atom. The highest BCUT2D eigenvalue weighted by atomic mass is 79.9. The van der Waals surface area contributed by atoms with Crippen molar-refractivity contribution in [3.63, 3.8) is 0 Å². The lowest BCUT2D eigenvalue weighted by molar-refractivity contribution is -0.146. The number of amides is 1. The summed E-state index contributed by atoms with van der Waals surface area (Å²) in [6.45, 7) is 3.53. The second-order valence-corrected chi connectivity index (χ2v) is 9.75. The highest BCUT2D eigenvalue weighted by Crippen LogP contribution is 2.43. The van der Waals surface area contributed by atoms with Crippen LogP contribution < -0.4 is 9.47 Å². The molecule has 1 aromatic carbocycles. The van der Waals surface area contributed by atoms with Crippen LogP contribution in [0.4, 0.5) is 0 Å². The summed E-state index contributed by atoms with van der Waals surface area (Å²) in [6, 6.07) is 2.89. The van der Waals surface area contributed by atoms with E-state index in [1.807, 2.05) is 18.2 Å². The molecule has 1 heterocycles. The average Bonchev–Trinajstić information content (AvgIpc) is 2.96. The molecule has 0 bridgehead atoms. The van der Waals surface area contributed by atoms with Crippen molar-refractivity contribution in [2.45, 2.75) is 32.7 Å². The molecule has 160 valence electrons. The highest BCUT2D eigenvalue weighted by Gasteiger charge is 2.42. The zero-order valence-electron chi connectivity index (χ0n) is 17.0. The largest absolute Gasteiger partial charge is 0.493 e. The van der Waals surface area contributed by atoms with Gasteiger partial charge in [-0.05, 0) is 69.6 Å². The van der Waals surface area contributed by atoms with Crippen LogP contribution in [0.5, 0.6) is 11.5 Å². The third-order valence-corrected chi connectivity index (χ3v) is 7.35. The van der Waals surface area contributed by atoms with Crippen LogP contribution in [0.2, 0.25) is 0 Å². The van der Waals surface area contributed by atoms with Crippen molar-refractivity contribution < 1.29 is 24.2 Å². The van der Waals surface area contributed by atoms with Gasteiger partial charge >= 0.3 is 5.97 Å². The Balaban J connectivity index is 1.98. The Hall–Kier alpha value is -1.84. The summed E-state index contributed by atoms with van der Waals surface area (Å²) in [6.07, 6.45) is 3.31. The fraction of sp³-hybridized carbons (Fsp3) is 0.381. The molecule has 1 amide bonds. The molecule has 1 saturated heterocycles. The van der Waals surface area contributed by atoms with E-state index < -0.39 is 12.0 Å². The fourth-order valence-corrected chi connectivity index (χ4v) is 5.61. The van der Waals surface area contributed by atoms with E-state index in [1.165, 1.54) is 4.90 Å². The normalized spacial score (nSPS) is 18.9. The van der Waals surface area contributed by atoms with Crippen molar-refractivity contribution in [3.05, 3.63) is 39.8 Å². The van der Waals surface area contributed by atoms with Gasteiger partial charge < -0.3 is 14.6 Å². The van der Waals surface area contributed by atoms with E-state index in [2.05, 4.69) is 15.9 Å². The van der Waals surface area contributed by atoms with Crippen molar-refractivity contribution in [1.29, 1.82) is 0 Å². The molecular formula is C21H22BrNO5S2. The average molecular weight is 512 g/mol. The first-order chi connectivity index (χ1) is 14.2. The molecule has 0 radical (unpaired) electrons. The van der Waals surface area contributed by atoms with E-state index in [-0.39, 0.29) is 16.1 Å². The van der Waals surface area contributed by atoms with Crippen LogP contribution in [0.1, 0.15) is 31.4 Å². The van der Waals surface area contributed by atoms with Gasteiger partial charge in [0, 0.05) is 4.48 Å². The van der Waals surface area contributed by atoms with E-state index in [9.17, 15) is 14.7 Å². The number of fused-ring (bicyclic) bond motifs is 1. The van der Waals surface area contributed by atoms with Gasteiger partial charge in [0.05, 0.1) is 19.1 Å². The molecule has 1 atom stereocenters. The first kappa shape index (κ1) is 22.8. The van der Waals surface area contributed by atoms with Crippen LogP contribution in [-0.2, 0) is 16.0 Å². The summed E-state index contributed by atoms with van der Waals surface area (Å²) in [7, 11) is 3.19. The third-order valence-electron chi connectivity index (χ3n) is 5.08. The van der Waals surface area contributed by atoms with Gasteiger partial charge in [0.15, 0.2) is 11.5 Å². The van der Waals surface area contributed by atoms with E-state index in [1.54, 1.807) is 28.1 Å².